The van der Waals surface area contributed by atoms with Crippen molar-refractivity contribution in [3.63, 3.8) is 0 Å². The van der Waals surface area contributed by atoms with Crippen molar-refractivity contribution >= 4 is 52.2 Å². The van der Waals surface area contributed by atoms with Crippen LogP contribution in [0.3, 0.4) is 0 Å². The first-order valence-corrected chi connectivity index (χ1v) is 8.53. The summed E-state index contributed by atoms with van der Waals surface area (Å²) >= 11 is 11.9. The summed E-state index contributed by atoms with van der Waals surface area (Å²) in [5.41, 5.74) is 6.36. The Balaban J connectivity index is 0.00000288. The predicted molar refractivity (Wildman–Crippen MR) is 95.6 cm³/mol. The van der Waals surface area contributed by atoms with Crippen LogP contribution in [-0.2, 0) is 23.0 Å². The van der Waals surface area contributed by atoms with Gasteiger partial charge in [-0.1, -0.05) is 35.3 Å². The van der Waals surface area contributed by atoms with Gasteiger partial charge in [0.15, 0.2) is 0 Å². The summed E-state index contributed by atoms with van der Waals surface area (Å²) in [7, 11) is -2.60. The number of primary amides is 1. The van der Waals surface area contributed by atoms with Gasteiger partial charge in [-0.3, -0.25) is 10.2 Å². The van der Waals surface area contributed by atoms with Gasteiger partial charge in [0.2, 0.25) is 0 Å². The quantitative estimate of drug-likeness (QED) is 0.656. The van der Waals surface area contributed by atoms with Crippen LogP contribution in [0.25, 0.3) is 0 Å². The largest absolute Gasteiger partial charge is 0.365 e. The van der Waals surface area contributed by atoms with Gasteiger partial charge in [0.05, 0.1) is 16.3 Å². The van der Waals surface area contributed by atoms with Gasteiger partial charge in [0.25, 0.3) is 5.91 Å². The lowest BCUT2D eigenvalue weighted by Crippen LogP contribution is -2.29. The average Bonchev–Trinajstić information content (AvgIpc) is 2.45. The molecule has 0 unspecified atom stereocenters. The number of rotatable bonds is 5. The van der Waals surface area contributed by atoms with Gasteiger partial charge in [0.1, 0.15) is 16.2 Å². The van der Waals surface area contributed by atoms with Crippen molar-refractivity contribution in [2.24, 2.45) is 5.73 Å². The minimum absolute atomic E-state index is 0. The van der Waals surface area contributed by atoms with E-state index in [2.05, 4.69) is 0 Å². The van der Waals surface area contributed by atoms with Gasteiger partial charge in [-0.25, -0.2) is 8.42 Å². The van der Waals surface area contributed by atoms with Crippen molar-refractivity contribution in [2.75, 3.05) is 0 Å². The Morgan fingerprint density at radius 3 is 2.50 bits per heavy atom. The first-order chi connectivity index (χ1) is 10.8. The minimum atomic E-state index is -2.60. The van der Waals surface area contributed by atoms with E-state index in [0.29, 0.717) is 10.6 Å². The van der Waals surface area contributed by atoms with Gasteiger partial charge in [-0.05, 0) is 23.3 Å². The van der Waals surface area contributed by atoms with E-state index in [9.17, 15) is 13.2 Å². The third-order valence-corrected chi connectivity index (χ3v) is 4.31. The molecule has 10 heteroatoms. The topological polar surface area (TPSA) is 106 Å². The Kier molecular flexibility index (Phi) is 7.28. The van der Waals surface area contributed by atoms with E-state index in [1.54, 1.807) is 18.2 Å². The molecular weight excluding hydrogens is 397 g/mol. The summed E-state index contributed by atoms with van der Waals surface area (Å²) in [6.45, 7) is 0.222. The van der Waals surface area contributed by atoms with Crippen molar-refractivity contribution in [3.05, 3.63) is 62.7 Å². The fourth-order valence-electron chi connectivity index (χ4n) is 2.11. The Bertz CT molecular complexity index is 902. The van der Waals surface area contributed by atoms with Crippen molar-refractivity contribution in [3.8, 4) is 0 Å². The molecule has 0 atom stereocenters. The molecular formula is C14H14Cl3N3O3S. The molecule has 0 saturated heterocycles. The molecule has 0 radical (unpaired) electrons. The molecule has 6 nitrogen and oxygen atoms in total. The number of pyridine rings is 1. The van der Waals surface area contributed by atoms with E-state index in [0.717, 1.165) is 5.56 Å². The van der Waals surface area contributed by atoms with Crippen LogP contribution in [0.5, 0.6) is 0 Å². The SMILES string of the molecule is Cl.N=c1c(C(N)=O)cc(Cl)cn1Cc1ccc(Cl)c(C[SH](=O)=O)c1. The zero-order valence-corrected chi connectivity index (χ0v) is 15.4. The van der Waals surface area contributed by atoms with Crippen LogP contribution in [0.15, 0.2) is 30.5 Å². The highest BCUT2D eigenvalue weighted by atomic mass is 35.5. The molecule has 0 bridgehead atoms. The van der Waals surface area contributed by atoms with E-state index >= 15 is 0 Å². The summed E-state index contributed by atoms with van der Waals surface area (Å²) in [6.07, 6.45) is 1.50. The normalized spacial score (nSPS) is 10.5. The lowest BCUT2D eigenvalue weighted by Gasteiger charge is -2.11. The number of carbonyl (C=O) groups excluding carboxylic acids is 1. The van der Waals surface area contributed by atoms with Crippen molar-refractivity contribution in [1.82, 2.24) is 4.57 Å². The Morgan fingerprint density at radius 1 is 1.25 bits per heavy atom. The molecule has 0 aliphatic rings. The highest BCUT2D eigenvalue weighted by molar-refractivity contribution is 7.71. The number of nitrogens with one attached hydrogen (secondary N) is 1. The fourth-order valence-corrected chi connectivity index (χ4v) is 3.15. The maximum atomic E-state index is 11.3. The van der Waals surface area contributed by atoms with E-state index in [4.69, 9.17) is 34.3 Å². The molecule has 1 aromatic carbocycles. The van der Waals surface area contributed by atoms with E-state index in [1.807, 2.05) is 0 Å². The number of amides is 1. The zero-order chi connectivity index (χ0) is 17.1. The standard InChI is InChI=1S/C14H13Cl2N3O3S.ClH/c15-10-4-11(14(18)20)13(17)19(6-10)5-8-1-2-12(16)9(3-8)7-23(21)22;/h1-4,6,17,23H,5,7H2,(H2,18,20);1H. The van der Waals surface area contributed by atoms with Gasteiger partial charge in [-0.2, -0.15) is 0 Å². The second kappa shape index (κ2) is 8.53. The molecule has 130 valence electrons. The fraction of sp³-hybridized carbons (Fsp3) is 0.143. The van der Waals surface area contributed by atoms with Crippen LogP contribution >= 0.6 is 35.6 Å². The average molecular weight is 411 g/mol. The first-order valence-electron chi connectivity index (χ1n) is 6.41. The molecule has 24 heavy (non-hydrogen) atoms. The number of carbonyl (C=O) groups is 1. The molecule has 0 saturated carbocycles. The maximum absolute atomic E-state index is 11.3. The molecule has 0 fully saturated rings. The summed E-state index contributed by atoms with van der Waals surface area (Å²) in [4.78, 5) is 11.3. The Labute approximate surface area is 156 Å². The van der Waals surface area contributed by atoms with Gasteiger partial charge in [-0.15, -0.1) is 12.4 Å². The minimum Gasteiger partial charge on any atom is -0.365 e. The second-order valence-corrected chi connectivity index (χ2v) is 6.65. The molecule has 0 aliphatic heterocycles. The number of aromatic nitrogens is 1. The molecule has 1 heterocycles. The van der Waals surface area contributed by atoms with Gasteiger partial charge in [0, 0.05) is 17.8 Å². The smallest absolute Gasteiger partial charge is 0.252 e. The second-order valence-electron chi connectivity index (χ2n) is 4.83. The summed E-state index contributed by atoms with van der Waals surface area (Å²) < 4.78 is 23.2. The Morgan fingerprint density at radius 2 is 1.92 bits per heavy atom. The van der Waals surface area contributed by atoms with E-state index < -0.39 is 16.6 Å². The lowest BCUT2D eigenvalue weighted by molar-refractivity contribution is 0.0997. The predicted octanol–water partition coefficient (Wildman–Crippen LogP) is 1.95. The van der Waals surface area contributed by atoms with Crippen LogP contribution in [0.4, 0.5) is 0 Å². The Hall–Kier alpha value is -1.54. The maximum Gasteiger partial charge on any atom is 0.252 e. The van der Waals surface area contributed by atoms with Crippen LogP contribution in [0.1, 0.15) is 21.5 Å². The van der Waals surface area contributed by atoms with Crippen molar-refractivity contribution < 1.29 is 13.2 Å². The summed E-state index contributed by atoms with van der Waals surface area (Å²) in [6, 6.07) is 6.28. The highest BCUT2D eigenvalue weighted by Crippen LogP contribution is 2.19. The summed E-state index contributed by atoms with van der Waals surface area (Å²) in [5.74, 6) is -0.908. The monoisotopic (exact) mass is 409 g/mol. The molecule has 2 aromatic rings. The lowest BCUT2D eigenvalue weighted by atomic mass is 10.1. The zero-order valence-electron chi connectivity index (χ0n) is 12.2. The van der Waals surface area contributed by atoms with Crippen LogP contribution < -0.4 is 11.2 Å². The highest BCUT2D eigenvalue weighted by Gasteiger charge is 2.10. The number of hydrogen-bond donors (Lipinski definition) is 3. The first kappa shape index (κ1) is 20.5. The number of nitrogens with two attached hydrogens (primary N) is 1. The number of thiol groups is 1. The summed E-state index contributed by atoms with van der Waals surface area (Å²) in [5, 5.41) is 8.64. The number of nitrogens with zero attached hydrogens (tertiary/aromatic N) is 1. The van der Waals surface area contributed by atoms with E-state index in [1.165, 1.54) is 16.8 Å². The number of hydrogen-bond acceptors (Lipinski definition) is 4. The van der Waals surface area contributed by atoms with Crippen LogP contribution in [0, 0.1) is 5.41 Å². The van der Waals surface area contributed by atoms with Crippen molar-refractivity contribution in [2.45, 2.75) is 12.3 Å². The molecule has 3 N–H and O–H groups in total. The third-order valence-electron chi connectivity index (χ3n) is 3.13. The van der Waals surface area contributed by atoms with Crippen LogP contribution in [-0.4, -0.2) is 18.9 Å². The van der Waals surface area contributed by atoms with Crippen LogP contribution in [0.2, 0.25) is 10.0 Å². The van der Waals surface area contributed by atoms with E-state index in [-0.39, 0.29) is 40.8 Å². The molecule has 1 amide bonds. The molecule has 2 rings (SSSR count). The third kappa shape index (κ3) is 4.98. The molecule has 0 aliphatic carbocycles. The van der Waals surface area contributed by atoms with Gasteiger partial charge >= 0.3 is 0 Å². The molecule has 1 aromatic heterocycles. The molecule has 0 spiro atoms. The number of benzene rings is 1. The van der Waals surface area contributed by atoms with Gasteiger partial charge < -0.3 is 10.3 Å². The number of halogens is 3. The van der Waals surface area contributed by atoms with Crippen molar-refractivity contribution in [1.29, 1.82) is 5.41 Å².